The van der Waals surface area contributed by atoms with Gasteiger partial charge in [0.05, 0.1) is 5.56 Å². The highest BCUT2D eigenvalue weighted by molar-refractivity contribution is 5.92. The number of benzene rings is 2. The number of esters is 1. The lowest BCUT2D eigenvalue weighted by atomic mass is 9.99. The molecule has 0 radical (unpaired) electrons. The van der Waals surface area contributed by atoms with E-state index < -0.39 is 0 Å². The summed E-state index contributed by atoms with van der Waals surface area (Å²) in [6.07, 6.45) is 0.483. The Morgan fingerprint density at radius 2 is 1.79 bits per heavy atom. The van der Waals surface area contributed by atoms with Crippen LogP contribution in [0.2, 0.25) is 0 Å². The molecule has 96 valence electrons. The molecule has 0 aliphatic carbocycles. The molecule has 1 unspecified atom stereocenters. The third-order valence-electron chi connectivity index (χ3n) is 3.14. The van der Waals surface area contributed by atoms with E-state index in [0.717, 1.165) is 11.3 Å². The lowest BCUT2D eigenvalue weighted by molar-refractivity contribution is 0.0129. The van der Waals surface area contributed by atoms with Gasteiger partial charge in [0.15, 0.2) is 0 Å². The Morgan fingerprint density at radius 1 is 1.05 bits per heavy atom. The van der Waals surface area contributed by atoms with E-state index in [1.165, 1.54) is 0 Å². The van der Waals surface area contributed by atoms with E-state index in [4.69, 9.17) is 9.47 Å². The van der Waals surface area contributed by atoms with E-state index >= 15 is 0 Å². The van der Waals surface area contributed by atoms with E-state index in [1.807, 2.05) is 48.5 Å². The molecule has 3 heteroatoms. The standard InChI is InChI=1S/C16H14O3/c17-16-15-9-5-4-6-12(15)10-14(19-16)11-18-13-7-2-1-3-8-13/h1-9,14H,10-11H2. The van der Waals surface area contributed by atoms with Gasteiger partial charge in [-0.15, -0.1) is 0 Å². The Hall–Kier alpha value is -2.29. The summed E-state index contributed by atoms with van der Waals surface area (Å²) in [4.78, 5) is 11.8. The van der Waals surface area contributed by atoms with Crippen molar-refractivity contribution < 1.29 is 14.3 Å². The van der Waals surface area contributed by atoms with E-state index in [2.05, 4.69) is 0 Å². The molecule has 0 amide bonds. The number of cyclic esters (lactones) is 1. The first kappa shape index (κ1) is 11.8. The minimum absolute atomic E-state index is 0.220. The van der Waals surface area contributed by atoms with Crippen LogP contribution in [0.15, 0.2) is 54.6 Å². The van der Waals surface area contributed by atoms with Crippen molar-refractivity contribution in [2.45, 2.75) is 12.5 Å². The highest BCUT2D eigenvalue weighted by atomic mass is 16.6. The third kappa shape index (κ3) is 2.60. The second kappa shape index (κ2) is 5.14. The van der Waals surface area contributed by atoms with Crippen molar-refractivity contribution in [3.63, 3.8) is 0 Å². The number of para-hydroxylation sites is 1. The van der Waals surface area contributed by atoms with Crippen molar-refractivity contribution in [3.05, 3.63) is 65.7 Å². The lowest BCUT2D eigenvalue weighted by Gasteiger charge is -2.24. The molecule has 0 spiro atoms. The van der Waals surface area contributed by atoms with E-state index in [9.17, 15) is 4.79 Å². The molecule has 0 fully saturated rings. The maximum atomic E-state index is 11.8. The van der Waals surface area contributed by atoms with Gasteiger partial charge in [0.25, 0.3) is 0 Å². The highest BCUT2D eigenvalue weighted by Crippen LogP contribution is 2.21. The van der Waals surface area contributed by atoms with Crippen molar-refractivity contribution in [3.8, 4) is 5.75 Å². The van der Waals surface area contributed by atoms with Crippen LogP contribution < -0.4 is 4.74 Å². The molecule has 19 heavy (non-hydrogen) atoms. The molecule has 0 saturated heterocycles. The predicted molar refractivity (Wildman–Crippen MR) is 71.3 cm³/mol. The monoisotopic (exact) mass is 254 g/mol. The largest absolute Gasteiger partial charge is 0.490 e. The van der Waals surface area contributed by atoms with Crippen LogP contribution in [-0.4, -0.2) is 18.7 Å². The normalized spacial score (nSPS) is 17.5. The summed E-state index contributed by atoms with van der Waals surface area (Å²) in [6, 6.07) is 17.1. The summed E-state index contributed by atoms with van der Waals surface area (Å²) >= 11 is 0. The fourth-order valence-corrected chi connectivity index (χ4v) is 2.20. The van der Waals surface area contributed by atoms with Crippen LogP contribution >= 0.6 is 0 Å². The smallest absolute Gasteiger partial charge is 0.338 e. The second-order valence-corrected chi connectivity index (χ2v) is 4.51. The van der Waals surface area contributed by atoms with Gasteiger partial charge < -0.3 is 9.47 Å². The number of ether oxygens (including phenoxy) is 2. The zero-order chi connectivity index (χ0) is 13.1. The summed E-state index contributed by atoms with van der Waals surface area (Å²) in [5.41, 5.74) is 1.69. The van der Waals surface area contributed by atoms with Gasteiger partial charge in [-0.2, -0.15) is 0 Å². The van der Waals surface area contributed by atoms with Crippen molar-refractivity contribution in [2.24, 2.45) is 0 Å². The van der Waals surface area contributed by atoms with Crippen LogP contribution in [0.1, 0.15) is 15.9 Å². The molecule has 2 aromatic carbocycles. The molecule has 1 aliphatic heterocycles. The van der Waals surface area contributed by atoms with Gasteiger partial charge in [0.1, 0.15) is 18.5 Å². The first-order valence-corrected chi connectivity index (χ1v) is 6.29. The summed E-state index contributed by atoms with van der Waals surface area (Å²) in [7, 11) is 0. The minimum atomic E-state index is -0.261. The molecular weight excluding hydrogens is 240 g/mol. The third-order valence-corrected chi connectivity index (χ3v) is 3.14. The molecule has 2 aromatic rings. The Labute approximate surface area is 111 Å². The maximum Gasteiger partial charge on any atom is 0.338 e. The molecule has 1 atom stereocenters. The molecule has 0 bridgehead atoms. The van der Waals surface area contributed by atoms with Gasteiger partial charge in [0, 0.05) is 6.42 Å². The average molecular weight is 254 g/mol. The summed E-state index contributed by atoms with van der Waals surface area (Å²) < 4.78 is 11.0. The van der Waals surface area contributed by atoms with Crippen LogP contribution in [0, 0.1) is 0 Å². The second-order valence-electron chi connectivity index (χ2n) is 4.51. The van der Waals surface area contributed by atoms with Crippen LogP contribution in [0.3, 0.4) is 0 Å². The Morgan fingerprint density at radius 3 is 2.63 bits per heavy atom. The zero-order valence-electron chi connectivity index (χ0n) is 10.4. The van der Waals surface area contributed by atoms with Crippen LogP contribution in [0.25, 0.3) is 0 Å². The minimum Gasteiger partial charge on any atom is -0.490 e. The molecule has 1 aliphatic rings. The Balaban J connectivity index is 1.67. The van der Waals surface area contributed by atoms with Gasteiger partial charge in [-0.25, -0.2) is 4.79 Å². The van der Waals surface area contributed by atoms with Gasteiger partial charge in [0.2, 0.25) is 0 Å². The van der Waals surface area contributed by atoms with Crippen LogP contribution in [0.4, 0.5) is 0 Å². The first-order chi connectivity index (χ1) is 9.33. The number of carbonyl (C=O) groups excluding carboxylic acids is 1. The number of fused-ring (bicyclic) bond motifs is 1. The van der Waals surface area contributed by atoms with E-state index in [1.54, 1.807) is 6.07 Å². The first-order valence-electron chi connectivity index (χ1n) is 6.29. The van der Waals surface area contributed by atoms with E-state index in [0.29, 0.717) is 18.6 Å². The SMILES string of the molecule is O=C1OC(COc2ccccc2)Cc2ccccc21. The van der Waals surface area contributed by atoms with Gasteiger partial charge >= 0.3 is 5.97 Å². The molecule has 3 rings (SSSR count). The van der Waals surface area contributed by atoms with E-state index in [-0.39, 0.29) is 12.1 Å². The molecular formula is C16H14O3. The highest BCUT2D eigenvalue weighted by Gasteiger charge is 2.26. The van der Waals surface area contributed by atoms with Gasteiger partial charge in [-0.3, -0.25) is 0 Å². The number of hydrogen-bond donors (Lipinski definition) is 0. The zero-order valence-corrected chi connectivity index (χ0v) is 10.4. The van der Waals surface area contributed by atoms with Crippen molar-refractivity contribution in [2.75, 3.05) is 6.61 Å². The van der Waals surface area contributed by atoms with Crippen LogP contribution in [0.5, 0.6) is 5.75 Å². The number of hydrogen-bond acceptors (Lipinski definition) is 3. The molecule has 0 saturated carbocycles. The fraction of sp³-hybridized carbons (Fsp3) is 0.188. The molecule has 1 heterocycles. The predicted octanol–water partition coefficient (Wildman–Crippen LogP) is 2.85. The van der Waals surface area contributed by atoms with Crippen molar-refractivity contribution in [1.29, 1.82) is 0 Å². The summed E-state index contributed by atoms with van der Waals surface area (Å²) in [5.74, 6) is 0.529. The Kier molecular flexibility index (Phi) is 3.19. The fourth-order valence-electron chi connectivity index (χ4n) is 2.20. The topological polar surface area (TPSA) is 35.5 Å². The van der Waals surface area contributed by atoms with Crippen LogP contribution in [-0.2, 0) is 11.2 Å². The van der Waals surface area contributed by atoms with Crippen molar-refractivity contribution in [1.82, 2.24) is 0 Å². The summed E-state index contributed by atoms with van der Waals surface area (Å²) in [6.45, 7) is 0.379. The molecule has 0 aromatic heterocycles. The number of rotatable bonds is 3. The van der Waals surface area contributed by atoms with Gasteiger partial charge in [-0.05, 0) is 23.8 Å². The molecule has 0 N–H and O–H groups in total. The average Bonchev–Trinajstić information content (AvgIpc) is 2.46. The molecule has 3 nitrogen and oxygen atoms in total. The number of carbonyl (C=O) groups is 1. The maximum absolute atomic E-state index is 11.8. The van der Waals surface area contributed by atoms with Gasteiger partial charge in [-0.1, -0.05) is 36.4 Å². The lowest BCUT2D eigenvalue weighted by Crippen LogP contribution is -2.32. The quantitative estimate of drug-likeness (QED) is 0.790. The summed E-state index contributed by atoms with van der Waals surface area (Å²) in [5, 5.41) is 0. The Bertz CT molecular complexity index is 578. The van der Waals surface area contributed by atoms with Crippen molar-refractivity contribution >= 4 is 5.97 Å².